The number of hydrogen-bond acceptors (Lipinski definition) is 7. The Kier molecular flexibility index (Phi) is 6.24. The van der Waals surface area contributed by atoms with Crippen LogP contribution in [-0.4, -0.2) is 27.8 Å². The van der Waals surface area contributed by atoms with Crippen LogP contribution in [0.5, 0.6) is 5.75 Å². The van der Waals surface area contributed by atoms with E-state index in [1.54, 1.807) is 28.2 Å². The topological polar surface area (TPSA) is 86.4 Å². The number of benzene rings is 1. The van der Waals surface area contributed by atoms with Gasteiger partial charge in [0.25, 0.3) is 5.56 Å². The molecule has 1 amide bonds. The van der Waals surface area contributed by atoms with Crippen molar-refractivity contribution in [3.63, 3.8) is 0 Å². The van der Waals surface area contributed by atoms with Gasteiger partial charge in [-0.25, -0.2) is 4.98 Å². The molecule has 1 aromatic carbocycles. The monoisotopic (exact) mass is 481 g/mol. The minimum absolute atomic E-state index is 0.0814. The van der Waals surface area contributed by atoms with E-state index in [0.29, 0.717) is 35.1 Å². The highest BCUT2D eigenvalue weighted by molar-refractivity contribution is 7.99. The summed E-state index contributed by atoms with van der Waals surface area (Å²) in [5.41, 5.74) is 1.76. The number of hydrogen-bond donors (Lipinski definition) is 1. The largest absolute Gasteiger partial charge is 0.494 e. The van der Waals surface area contributed by atoms with Crippen LogP contribution >= 0.6 is 23.1 Å². The molecular formula is C24H23N3O4S2. The van der Waals surface area contributed by atoms with Crippen LogP contribution in [0.3, 0.4) is 0 Å². The molecule has 7 nitrogen and oxygen atoms in total. The first-order chi connectivity index (χ1) is 16.1. The van der Waals surface area contributed by atoms with Gasteiger partial charge < -0.3 is 14.5 Å². The van der Waals surface area contributed by atoms with Gasteiger partial charge in [-0.3, -0.25) is 14.2 Å². The number of nitrogens with one attached hydrogen (secondary N) is 1. The zero-order valence-electron chi connectivity index (χ0n) is 18.1. The van der Waals surface area contributed by atoms with Crippen molar-refractivity contribution in [1.82, 2.24) is 14.9 Å². The molecule has 0 bridgehead atoms. The summed E-state index contributed by atoms with van der Waals surface area (Å²) in [6, 6.07) is 11.0. The molecule has 0 saturated heterocycles. The van der Waals surface area contributed by atoms with E-state index in [4.69, 9.17) is 14.1 Å². The van der Waals surface area contributed by atoms with E-state index < -0.39 is 0 Å². The van der Waals surface area contributed by atoms with Gasteiger partial charge in [-0.15, -0.1) is 11.3 Å². The maximum atomic E-state index is 13.7. The van der Waals surface area contributed by atoms with E-state index >= 15 is 0 Å². The molecule has 1 aliphatic rings. The van der Waals surface area contributed by atoms with Gasteiger partial charge in [0.15, 0.2) is 5.16 Å². The third kappa shape index (κ3) is 4.43. The average Bonchev–Trinajstić information content (AvgIpc) is 3.55. The summed E-state index contributed by atoms with van der Waals surface area (Å²) in [4.78, 5) is 33.0. The number of aromatic nitrogens is 2. The third-order valence-electron chi connectivity index (χ3n) is 5.49. The van der Waals surface area contributed by atoms with E-state index in [-0.39, 0.29) is 17.2 Å². The highest BCUT2D eigenvalue weighted by Gasteiger charge is 2.24. The standard InChI is InChI=1S/C24H23N3O4S2/c1-2-30-16-10-8-15(9-11-16)27-23(29)21-18-6-3-7-19(18)33-22(21)26-24(27)32-14-20(28)25-13-17-5-4-12-31-17/h4-5,8-12H,2-3,6-7,13-14H2,1H3,(H,25,28). The first-order valence-corrected chi connectivity index (χ1v) is 12.7. The second kappa shape index (κ2) is 9.44. The summed E-state index contributed by atoms with van der Waals surface area (Å²) in [5, 5.41) is 4.06. The van der Waals surface area contributed by atoms with Crippen LogP contribution in [0.15, 0.2) is 57.0 Å². The molecule has 0 atom stereocenters. The van der Waals surface area contributed by atoms with Crippen LogP contribution in [0.1, 0.15) is 29.5 Å². The number of furan rings is 1. The van der Waals surface area contributed by atoms with E-state index in [0.717, 1.165) is 35.4 Å². The van der Waals surface area contributed by atoms with Crippen molar-refractivity contribution >= 4 is 39.2 Å². The number of amides is 1. The molecule has 33 heavy (non-hydrogen) atoms. The summed E-state index contributed by atoms with van der Waals surface area (Å²) in [6.07, 6.45) is 4.56. The highest BCUT2D eigenvalue weighted by Crippen LogP contribution is 2.36. The fraction of sp³-hybridized carbons (Fsp3) is 0.292. The molecule has 0 fully saturated rings. The Labute approximate surface area is 198 Å². The van der Waals surface area contributed by atoms with E-state index in [9.17, 15) is 9.59 Å². The summed E-state index contributed by atoms with van der Waals surface area (Å²) >= 11 is 2.86. The van der Waals surface area contributed by atoms with Crippen molar-refractivity contribution in [2.45, 2.75) is 37.9 Å². The van der Waals surface area contributed by atoms with Crippen molar-refractivity contribution in [1.29, 1.82) is 0 Å². The lowest BCUT2D eigenvalue weighted by atomic mass is 10.2. The summed E-state index contributed by atoms with van der Waals surface area (Å²) in [7, 11) is 0. The highest BCUT2D eigenvalue weighted by atomic mass is 32.2. The van der Waals surface area contributed by atoms with Gasteiger partial charge >= 0.3 is 0 Å². The molecule has 3 heterocycles. The Morgan fingerprint density at radius 1 is 1.27 bits per heavy atom. The molecule has 0 aliphatic heterocycles. The molecule has 0 radical (unpaired) electrons. The number of aryl methyl sites for hydroxylation is 2. The lowest BCUT2D eigenvalue weighted by Gasteiger charge is -2.13. The van der Waals surface area contributed by atoms with Crippen molar-refractivity contribution in [2.24, 2.45) is 0 Å². The van der Waals surface area contributed by atoms with Crippen LogP contribution in [0, 0.1) is 0 Å². The van der Waals surface area contributed by atoms with Gasteiger partial charge in [0.05, 0.1) is 36.2 Å². The molecule has 170 valence electrons. The summed E-state index contributed by atoms with van der Waals surface area (Å²) in [6.45, 7) is 2.82. The maximum Gasteiger partial charge on any atom is 0.267 e. The average molecular weight is 482 g/mol. The van der Waals surface area contributed by atoms with Crippen LogP contribution < -0.4 is 15.6 Å². The van der Waals surface area contributed by atoms with Crippen molar-refractivity contribution in [3.05, 3.63) is 69.2 Å². The Hall–Kier alpha value is -3.04. The number of ether oxygens (including phenoxy) is 1. The Balaban J connectivity index is 1.47. The van der Waals surface area contributed by atoms with E-state index in [1.165, 1.54) is 16.6 Å². The van der Waals surface area contributed by atoms with Crippen LogP contribution in [-0.2, 0) is 24.2 Å². The molecule has 0 unspecified atom stereocenters. The van der Waals surface area contributed by atoms with Gasteiger partial charge in [-0.05, 0) is 68.1 Å². The molecular weight excluding hydrogens is 458 g/mol. The number of carbonyl (C=O) groups excluding carboxylic acids is 1. The summed E-state index contributed by atoms with van der Waals surface area (Å²) < 4.78 is 12.4. The minimum atomic E-state index is -0.155. The number of carbonyl (C=O) groups is 1. The predicted octanol–water partition coefficient (Wildman–Crippen LogP) is 4.34. The van der Waals surface area contributed by atoms with Gasteiger partial charge in [0.2, 0.25) is 5.91 Å². The molecule has 5 rings (SSSR count). The molecule has 0 saturated carbocycles. The smallest absolute Gasteiger partial charge is 0.267 e. The number of thiophene rings is 1. The van der Waals surface area contributed by atoms with Gasteiger partial charge in [-0.2, -0.15) is 0 Å². The van der Waals surface area contributed by atoms with E-state index in [2.05, 4.69) is 5.32 Å². The van der Waals surface area contributed by atoms with E-state index in [1.807, 2.05) is 37.3 Å². The molecule has 9 heteroatoms. The third-order valence-corrected chi connectivity index (χ3v) is 7.61. The van der Waals surface area contributed by atoms with Crippen molar-refractivity contribution in [3.8, 4) is 11.4 Å². The number of fused-ring (bicyclic) bond motifs is 3. The minimum Gasteiger partial charge on any atom is -0.494 e. The van der Waals surface area contributed by atoms with Gasteiger partial charge in [0.1, 0.15) is 16.3 Å². The number of rotatable bonds is 8. The first-order valence-electron chi connectivity index (χ1n) is 10.9. The normalized spacial score (nSPS) is 12.8. The maximum absolute atomic E-state index is 13.7. The lowest BCUT2D eigenvalue weighted by Crippen LogP contribution is -2.26. The summed E-state index contributed by atoms with van der Waals surface area (Å²) in [5.74, 6) is 1.41. The molecule has 1 N–H and O–H groups in total. The van der Waals surface area contributed by atoms with Gasteiger partial charge in [-0.1, -0.05) is 11.8 Å². The lowest BCUT2D eigenvalue weighted by molar-refractivity contribution is -0.118. The van der Waals surface area contributed by atoms with Crippen LogP contribution in [0.2, 0.25) is 0 Å². The molecule has 1 aliphatic carbocycles. The SMILES string of the molecule is CCOc1ccc(-n2c(SCC(=O)NCc3ccco3)nc3sc4c(c3c2=O)CCC4)cc1. The van der Waals surface area contributed by atoms with Crippen LogP contribution in [0.4, 0.5) is 0 Å². The molecule has 4 aromatic rings. The zero-order chi connectivity index (χ0) is 22.8. The fourth-order valence-electron chi connectivity index (χ4n) is 3.99. The second-order valence-electron chi connectivity index (χ2n) is 7.64. The van der Waals surface area contributed by atoms with Crippen LogP contribution in [0.25, 0.3) is 15.9 Å². The Morgan fingerprint density at radius 3 is 2.88 bits per heavy atom. The zero-order valence-corrected chi connectivity index (χ0v) is 19.8. The molecule has 3 aromatic heterocycles. The van der Waals surface area contributed by atoms with Gasteiger partial charge in [0, 0.05) is 4.88 Å². The van der Waals surface area contributed by atoms with Crippen molar-refractivity contribution in [2.75, 3.05) is 12.4 Å². The number of nitrogens with zero attached hydrogens (tertiary/aromatic N) is 2. The first kappa shape index (κ1) is 21.8. The Morgan fingerprint density at radius 2 is 2.12 bits per heavy atom. The fourth-order valence-corrected chi connectivity index (χ4v) is 6.13. The predicted molar refractivity (Wildman–Crippen MR) is 130 cm³/mol. The number of thioether (sulfide) groups is 1. The molecule has 0 spiro atoms. The Bertz CT molecular complexity index is 1340. The quantitative estimate of drug-likeness (QED) is 0.298. The second-order valence-corrected chi connectivity index (χ2v) is 9.67. The van der Waals surface area contributed by atoms with Crippen molar-refractivity contribution < 1.29 is 13.9 Å².